The van der Waals surface area contributed by atoms with E-state index in [0.29, 0.717) is 23.6 Å². The van der Waals surface area contributed by atoms with Gasteiger partial charge in [0.15, 0.2) is 12.2 Å². The van der Waals surface area contributed by atoms with Gasteiger partial charge in [0.25, 0.3) is 17.4 Å². The molecule has 8 nitrogen and oxygen atoms in total. The topological polar surface area (TPSA) is 123 Å². The molecule has 1 saturated heterocycles. The number of H-pyrrole nitrogens is 1. The quantitative estimate of drug-likeness (QED) is 0.401. The zero-order chi connectivity index (χ0) is 24.9. The third kappa shape index (κ3) is 5.62. The molecule has 4 rings (SSSR count). The first-order valence-corrected chi connectivity index (χ1v) is 11.7. The minimum atomic E-state index is -1.91. The van der Waals surface area contributed by atoms with Crippen LogP contribution in [0.2, 0.25) is 5.02 Å². The van der Waals surface area contributed by atoms with Crippen molar-refractivity contribution in [2.75, 3.05) is 6.54 Å². The lowest BCUT2D eigenvalue weighted by atomic mass is 10.0. The normalized spacial score (nSPS) is 17.1. The molecule has 1 aliphatic rings. The predicted molar refractivity (Wildman–Crippen MR) is 131 cm³/mol. The third-order valence-corrected chi connectivity index (χ3v) is 6.37. The smallest absolute Gasteiger partial charge is 0.255 e. The summed E-state index contributed by atoms with van der Waals surface area (Å²) in [5.41, 5.74) is 2.62. The highest BCUT2D eigenvalue weighted by atomic mass is 35.5. The van der Waals surface area contributed by atoms with Crippen LogP contribution in [-0.4, -0.2) is 50.7 Å². The number of rotatable bonds is 7. The summed E-state index contributed by atoms with van der Waals surface area (Å²) in [4.78, 5) is 41.4. The predicted octanol–water partition coefficient (Wildman–Crippen LogP) is 2.40. The molecule has 3 aromatic rings. The number of benzene rings is 2. The van der Waals surface area contributed by atoms with Gasteiger partial charge in [0.1, 0.15) is 0 Å². The van der Waals surface area contributed by atoms with E-state index in [9.17, 15) is 24.6 Å². The Morgan fingerprint density at radius 3 is 2.57 bits per heavy atom. The van der Waals surface area contributed by atoms with Crippen LogP contribution in [0.15, 0.2) is 71.7 Å². The van der Waals surface area contributed by atoms with Crippen LogP contribution in [0.3, 0.4) is 0 Å². The van der Waals surface area contributed by atoms with E-state index in [0.717, 1.165) is 23.1 Å². The molecule has 2 aromatic carbocycles. The maximum atomic E-state index is 12.9. The minimum absolute atomic E-state index is 0.0804. The number of aromatic amines is 1. The number of amides is 2. The molecule has 182 valence electrons. The fourth-order valence-corrected chi connectivity index (χ4v) is 4.48. The van der Waals surface area contributed by atoms with Crippen molar-refractivity contribution in [3.8, 4) is 11.1 Å². The van der Waals surface area contributed by atoms with E-state index in [1.807, 2.05) is 6.07 Å². The Bertz CT molecular complexity index is 1260. The first-order valence-electron chi connectivity index (χ1n) is 11.3. The number of carbonyl (C=O) groups excluding carboxylic acids is 2. The summed E-state index contributed by atoms with van der Waals surface area (Å²) in [5.74, 6) is -1.56. The fraction of sp³-hybridized carbons (Fsp3) is 0.269. The summed E-state index contributed by atoms with van der Waals surface area (Å²) in [6.45, 7) is 0.495. The maximum absolute atomic E-state index is 12.9. The second-order valence-electron chi connectivity index (χ2n) is 8.46. The van der Waals surface area contributed by atoms with E-state index in [2.05, 4.69) is 10.3 Å². The van der Waals surface area contributed by atoms with Gasteiger partial charge in [-0.3, -0.25) is 14.4 Å². The number of aliphatic hydroxyl groups excluding tert-OH is 2. The van der Waals surface area contributed by atoms with Crippen molar-refractivity contribution in [1.29, 1.82) is 0 Å². The van der Waals surface area contributed by atoms with E-state index >= 15 is 0 Å². The number of aromatic nitrogens is 1. The van der Waals surface area contributed by atoms with Crippen molar-refractivity contribution >= 4 is 23.4 Å². The lowest BCUT2D eigenvalue weighted by Gasteiger charge is -2.28. The van der Waals surface area contributed by atoms with Crippen molar-refractivity contribution in [1.82, 2.24) is 15.2 Å². The minimum Gasteiger partial charge on any atom is -0.380 e. The Kier molecular flexibility index (Phi) is 7.65. The molecule has 0 aliphatic carbocycles. The van der Waals surface area contributed by atoms with Crippen molar-refractivity contribution in [2.24, 2.45) is 0 Å². The van der Waals surface area contributed by atoms with E-state index in [4.69, 9.17) is 11.6 Å². The van der Waals surface area contributed by atoms with Crippen LogP contribution in [0.4, 0.5) is 0 Å². The Labute approximate surface area is 207 Å². The van der Waals surface area contributed by atoms with Crippen LogP contribution in [-0.2, 0) is 16.1 Å². The van der Waals surface area contributed by atoms with Gasteiger partial charge in [-0.25, -0.2) is 0 Å². The van der Waals surface area contributed by atoms with Crippen LogP contribution >= 0.6 is 11.6 Å². The van der Waals surface area contributed by atoms with Gasteiger partial charge >= 0.3 is 0 Å². The molecule has 0 radical (unpaired) electrons. The molecule has 1 fully saturated rings. The third-order valence-electron chi connectivity index (χ3n) is 6.14. The lowest BCUT2D eigenvalue weighted by molar-refractivity contribution is -0.153. The van der Waals surface area contributed by atoms with Gasteiger partial charge in [-0.2, -0.15) is 0 Å². The SMILES string of the molecule is O=C(NCc1ccc(-c2ccc[nH]c2=O)cc1)[C@H](O)[C@@H](O)C(=O)N1CCCC1c1cccc(Cl)c1. The molecule has 1 aromatic heterocycles. The second-order valence-corrected chi connectivity index (χ2v) is 8.90. The Morgan fingerprint density at radius 1 is 1.09 bits per heavy atom. The maximum Gasteiger partial charge on any atom is 0.255 e. The van der Waals surface area contributed by atoms with Gasteiger partial charge in [-0.15, -0.1) is 0 Å². The molecule has 1 aliphatic heterocycles. The molecule has 3 atom stereocenters. The Hall–Kier alpha value is -3.46. The second kappa shape index (κ2) is 10.9. The highest BCUT2D eigenvalue weighted by Crippen LogP contribution is 2.33. The monoisotopic (exact) mass is 495 g/mol. The van der Waals surface area contributed by atoms with Crippen molar-refractivity contribution in [3.05, 3.63) is 93.4 Å². The lowest BCUT2D eigenvalue weighted by Crippen LogP contribution is -2.50. The van der Waals surface area contributed by atoms with Crippen molar-refractivity contribution < 1.29 is 19.8 Å². The van der Waals surface area contributed by atoms with Crippen LogP contribution in [0.5, 0.6) is 0 Å². The number of halogens is 1. The van der Waals surface area contributed by atoms with Gasteiger partial charge < -0.3 is 25.4 Å². The molecule has 0 bridgehead atoms. The first kappa shape index (κ1) is 24.7. The summed E-state index contributed by atoms with van der Waals surface area (Å²) in [5, 5.41) is 23.9. The van der Waals surface area contributed by atoms with E-state index in [1.165, 1.54) is 4.90 Å². The highest BCUT2D eigenvalue weighted by molar-refractivity contribution is 6.30. The average molecular weight is 496 g/mol. The number of pyridine rings is 1. The van der Waals surface area contributed by atoms with E-state index < -0.39 is 24.0 Å². The summed E-state index contributed by atoms with van der Waals surface area (Å²) in [7, 11) is 0. The molecule has 9 heteroatoms. The fourth-order valence-electron chi connectivity index (χ4n) is 4.28. The number of hydrogen-bond acceptors (Lipinski definition) is 5. The number of carbonyl (C=O) groups is 2. The van der Waals surface area contributed by atoms with Gasteiger partial charge in [0.05, 0.1) is 6.04 Å². The van der Waals surface area contributed by atoms with Crippen LogP contribution in [0.1, 0.15) is 30.0 Å². The highest BCUT2D eigenvalue weighted by Gasteiger charge is 2.38. The molecule has 0 spiro atoms. The van der Waals surface area contributed by atoms with Crippen molar-refractivity contribution in [3.63, 3.8) is 0 Å². The van der Waals surface area contributed by atoms with E-state index in [-0.39, 0.29) is 18.1 Å². The zero-order valence-electron chi connectivity index (χ0n) is 18.9. The van der Waals surface area contributed by atoms with Gasteiger partial charge in [0.2, 0.25) is 0 Å². The Balaban J connectivity index is 1.35. The number of likely N-dealkylation sites (tertiary alicyclic amines) is 1. The molecule has 0 saturated carbocycles. The molecule has 4 N–H and O–H groups in total. The average Bonchev–Trinajstić information content (AvgIpc) is 3.37. The zero-order valence-corrected chi connectivity index (χ0v) is 19.6. The summed E-state index contributed by atoms with van der Waals surface area (Å²) < 4.78 is 0. The number of nitrogens with zero attached hydrogens (tertiary/aromatic N) is 1. The molecule has 2 heterocycles. The summed E-state index contributed by atoms with van der Waals surface area (Å²) >= 11 is 6.08. The van der Waals surface area contributed by atoms with Crippen LogP contribution in [0.25, 0.3) is 11.1 Å². The van der Waals surface area contributed by atoms with Crippen LogP contribution < -0.4 is 10.9 Å². The Morgan fingerprint density at radius 2 is 1.86 bits per heavy atom. The number of aliphatic hydroxyl groups is 2. The number of nitrogens with one attached hydrogen (secondary N) is 2. The van der Waals surface area contributed by atoms with E-state index in [1.54, 1.807) is 60.8 Å². The van der Waals surface area contributed by atoms with Gasteiger partial charge in [-0.1, -0.05) is 48.0 Å². The molecule has 1 unspecified atom stereocenters. The van der Waals surface area contributed by atoms with Crippen molar-refractivity contribution in [2.45, 2.75) is 37.6 Å². The molecule has 35 heavy (non-hydrogen) atoms. The summed E-state index contributed by atoms with van der Waals surface area (Å²) in [6.07, 6.45) is -0.803. The first-order chi connectivity index (χ1) is 16.8. The molecule has 2 amide bonds. The molecular weight excluding hydrogens is 470 g/mol. The van der Waals surface area contributed by atoms with Gasteiger partial charge in [-0.05, 0) is 53.8 Å². The summed E-state index contributed by atoms with van der Waals surface area (Å²) in [6, 6.07) is 17.3. The number of hydrogen-bond donors (Lipinski definition) is 4. The van der Waals surface area contributed by atoms with Crippen LogP contribution in [0, 0.1) is 0 Å². The largest absolute Gasteiger partial charge is 0.380 e. The van der Waals surface area contributed by atoms with Gasteiger partial charge in [0, 0.05) is 29.9 Å². The molecular formula is C26H26ClN3O5. The standard InChI is InChI=1S/C26H26ClN3O5/c27-19-5-1-4-18(14-19)21-7-3-13-30(21)26(35)23(32)22(31)25(34)29-15-16-8-10-17(11-9-16)20-6-2-12-28-24(20)33/h1-2,4-6,8-12,14,21-23,31-32H,3,7,13,15H2,(H,28,33)(H,29,34)/t21?,22-,23-/m1/s1.